The van der Waals surface area contributed by atoms with Gasteiger partial charge in [-0.15, -0.1) is 0 Å². The van der Waals surface area contributed by atoms with E-state index in [4.69, 9.17) is 16.3 Å². The van der Waals surface area contributed by atoms with Gasteiger partial charge in [0.25, 0.3) is 0 Å². The second-order valence-corrected chi connectivity index (χ2v) is 9.01. The number of methoxy groups -OCH3 is 1. The van der Waals surface area contributed by atoms with E-state index in [0.717, 1.165) is 16.8 Å². The van der Waals surface area contributed by atoms with Crippen molar-refractivity contribution in [2.24, 2.45) is 0 Å². The van der Waals surface area contributed by atoms with Crippen molar-refractivity contribution >= 4 is 40.9 Å². The van der Waals surface area contributed by atoms with Gasteiger partial charge in [-0.25, -0.2) is 4.79 Å². The summed E-state index contributed by atoms with van der Waals surface area (Å²) in [6, 6.07) is 15.1. The molecular weight excluding hydrogens is 458 g/mol. The molecule has 0 radical (unpaired) electrons. The third kappa shape index (κ3) is 5.41. The number of thioether (sulfide) groups is 1. The highest BCUT2D eigenvalue weighted by atomic mass is 35.5. The lowest BCUT2D eigenvalue weighted by Crippen LogP contribution is -2.29. The molecule has 2 aromatic carbocycles. The Bertz CT molecular complexity index is 1210. The van der Waals surface area contributed by atoms with E-state index in [1.807, 2.05) is 32.0 Å². The summed E-state index contributed by atoms with van der Waals surface area (Å²) in [7, 11) is 1.30. The van der Waals surface area contributed by atoms with Crippen LogP contribution < -0.4 is 10.6 Å². The molecule has 2 N–H and O–H groups in total. The van der Waals surface area contributed by atoms with Gasteiger partial charge in [-0.05, 0) is 44.0 Å². The van der Waals surface area contributed by atoms with Crippen LogP contribution >= 0.6 is 23.4 Å². The van der Waals surface area contributed by atoms with Crippen LogP contribution in [0.2, 0.25) is 5.02 Å². The minimum Gasteiger partial charge on any atom is -0.466 e. The highest BCUT2D eigenvalue weighted by Gasteiger charge is 2.36. The van der Waals surface area contributed by atoms with Crippen LogP contribution in [-0.2, 0) is 14.3 Å². The van der Waals surface area contributed by atoms with E-state index in [1.54, 1.807) is 31.2 Å². The van der Waals surface area contributed by atoms with Crippen molar-refractivity contribution < 1.29 is 14.3 Å². The molecule has 2 aromatic rings. The molecule has 6 nitrogen and oxygen atoms in total. The van der Waals surface area contributed by atoms with Crippen LogP contribution in [0.4, 0.5) is 5.69 Å². The maximum atomic E-state index is 12.6. The van der Waals surface area contributed by atoms with Crippen LogP contribution in [0.1, 0.15) is 29.5 Å². The number of carbonyl (C=O) groups excluding carboxylic acids is 2. The molecule has 1 aliphatic rings. The number of rotatable bonds is 6. The van der Waals surface area contributed by atoms with Crippen LogP contribution in [0.15, 0.2) is 64.3 Å². The number of hydrogen-bond donors (Lipinski definition) is 2. The van der Waals surface area contributed by atoms with Gasteiger partial charge in [0.15, 0.2) is 0 Å². The fraction of sp³-hybridized carbons (Fsp3) is 0.240. The lowest BCUT2D eigenvalue weighted by Gasteiger charge is -2.29. The smallest absolute Gasteiger partial charge is 0.336 e. The molecule has 0 aromatic heterocycles. The summed E-state index contributed by atoms with van der Waals surface area (Å²) in [6.07, 6.45) is 0. The fourth-order valence-corrected chi connectivity index (χ4v) is 4.84. The number of dihydropyridines is 1. The van der Waals surface area contributed by atoms with Gasteiger partial charge in [0, 0.05) is 16.4 Å². The summed E-state index contributed by atoms with van der Waals surface area (Å²) in [5.74, 6) is -1.37. The second kappa shape index (κ2) is 10.6. The first-order chi connectivity index (χ1) is 15.8. The molecular formula is C25H24ClN3O3S. The van der Waals surface area contributed by atoms with E-state index in [9.17, 15) is 14.9 Å². The zero-order valence-electron chi connectivity index (χ0n) is 18.8. The van der Waals surface area contributed by atoms with Gasteiger partial charge in [0.05, 0.1) is 41.0 Å². The van der Waals surface area contributed by atoms with Gasteiger partial charge in [-0.2, -0.15) is 5.26 Å². The Kier molecular flexibility index (Phi) is 7.85. The number of nitrogens with zero attached hydrogens (tertiary/aromatic N) is 1. The number of nitrogens with one attached hydrogen (secondary N) is 2. The van der Waals surface area contributed by atoms with Crippen molar-refractivity contribution in [1.82, 2.24) is 5.32 Å². The maximum Gasteiger partial charge on any atom is 0.336 e. The van der Waals surface area contributed by atoms with Gasteiger partial charge in [-0.1, -0.05) is 59.3 Å². The van der Waals surface area contributed by atoms with E-state index >= 15 is 0 Å². The van der Waals surface area contributed by atoms with Gasteiger partial charge in [-0.3, -0.25) is 4.79 Å². The number of ether oxygens (including phenoxy) is 1. The molecule has 0 bridgehead atoms. The normalized spacial score (nSPS) is 15.6. The minimum atomic E-state index is -0.706. The van der Waals surface area contributed by atoms with Crippen LogP contribution in [0, 0.1) is 25.2 Å². The minimum absolute atomic E-state index is 0.0803. The number of carbonyl (C=O) groups is 2. The van der Waals surface area contributed by atoms with Crippen LogP contribution in [0.3, 0.4) is 0 Å². The maximum absolute atomic E-state index is 12.6. The zero-order chi connectivity index (χ0) is 24.1. The number of halogens is 1. The molecule has 3 rings (SSSR count). The summed E-state index contributed by atoms with van der Waals surface area (Å²) in [5, 5.41) is 17.0. The van der Waals surface area contributed by atoms with Crippen LogP contribution in [0.25, 0.3) is 0 Å². The molecule has 170 valence electrons. The standard InChI is InChI=1S/C25H24ClN3O3S/c1-14-9-10-20(15(2)11-14)29-21(30)13-33-24-18(12-27)23(17-7-5-6-8-19(17)26)22(16(3)28-24)25(31)32-4/h5-11,23,28H,13H2,1-4H3,(H,29,30). The lowest BCUT2D eigenvalue weighted by atomic mass is 9.82. The number of hydrogen-bond acceptors (Lipinski definition) is 6. The van der Waals surface area contributed by atoms with E-state index < -0.39 is 11.9 Å². The number of benzene rings is 2. The summed E-state index contributed by atoms with van der Waals surface area (Å²) >= 11 is 7.63. The van der Waals surface area contributed by atoms with E-state index in [1.165, 1.54) is 18.9 Å². The van der Waals surface area contributed by atoms with E-state index in [-0.39, 0.29) is 11.7 Å². The SMILES string of the molecule is COC(=O)C1=C(C)NC(SCC(=O)Nc2ccc(C)cc2C)=C(C#N)C1c1ccccc1Cl. The third-order valence-corrected chi connectivity index (χ3v) is 6.63. The topological polar surface area (TPSA) is 91.2 Å². The van der Waals surface area contributed by atoms with E-state index in [0.29, 0.717) is 32.5 Å². The Labute approximate surface area is 202 Å². The third-order valence-electron chi connectivity index (χ3n) is 5.27. The average molecular weight is 482 g/mol. The van der Waals surface area contributed by atoms with Crippen molar-refractivity contribution in [3.63, 3.8) is 0 Å². The number of anilines is 1. The number of nitriles is 1. The van der Waals surface area contributed by atoms with Crippen molar-refractivity contribution in [3.05, 3.63) is 86.0 Å². The summed E-state index contributed by atoms with van der Waals surface area (Å²) in [6.45, 7) is 5.67. The van der Waals surface area contributed by atoms with Crippen molar-refractivity contribution in [3.8, 4) is 6.07 Å². The molecule has 0 saturated heterocycles. The molecule has 1 unspecified atom stereocenters. The predicted octanol–water partition coefficient (Wildman–Crippen LogP) is 5.20. The Morgan fingerprint density at radius 1 is 1.21 bits per heavy atom. The molecule has 33 heavy (non-hydrogen) atoms. The average Bonchev–Trinajstić information content (AvgIpc) is 2.79. The van der Waals surface area contributed by atoms with Crippen molar-refractivity contribution in [1.29, 1.82) is 5.26 Å². The lowest BCUT2D eigenvalue weighted by molar-refractivity contribution is -0.136. The van der Waals surface area contributed by atoms with Gasteiger partial charge >= 0.3 is 5.97 Å². The molecule has 8 heteroatoms. The number of aryl methyl sites for hydroxylation is 2. The van der Waals surface area contributed by atoms with Gasteiger partial charge in [0.1, 0.15) is 0 Å². The van der Waals surface area contributed by atoms with Gasteiger partial charge < -0.3 is 15.4 Å². The predicted molar refractivity (Wildman–Crippen MR) is 132 cm³/mol. The highest BCUT2D eigenvalue weighted by Crippen LogP contribution is 2.43. The molecule has 1 heterocycles. The molecule has 0 spiro atoms. The number of amides is 1. The quantitative estimate of drug-likeness (QED) is 0.551. The second-order valence-electron chi connectivity index (χ2n) is 7.62. The Morgan fingerprint density at radius 3 is 2.58 bits per heavy atom. The Balaban J connectivity index is 1.90. The molecule has 1 amide bonds. The molecule has 1 atom stereocenters. The first-order valence-electron chi connectivity index (χ1n) is 10.2. The fourth-order valence-electron chi connectivity index (χ4n) is 3.71. The van der Waals surface area contributed by atoms with Crippen LogP contribution in [-0.4, -0.2) is 24.7 Å². The monoisotopic (exact) mass is 481 g/mol. The zero-order valence-corrected chi connectivity index (χ0v) is 20.4. The number of allylic oxidation sites excluding steroid dienone is 2. The van der Waals surface area contributed by atoms with E-state index in [2.05, 4.69) is 16.7 Å². The van der Waals surface area contributed by atoms with Gasteiger partial charge in [0.2, 0.25) is 5.91 Å². The summed E-state index contributed by atoms with van der Waals surface area (Å²) in [5.41, 5.74) is 4.61. The largest absolute Gasteiger partial charge is 0.466 e. The summed E-state index contributed by atoms with van der Waals surface area (Å²) in [4.78, 5) is 25.2. The van der Waals surface area contributed by atoms with Crippen molar-refractivity contribution in [2.75, 3.05) is 18.2 Å². The highest BCUT2D eigenvalue weighted by molar-refractivity contribution is 8.03. The first-order valence-corrected chi connectivity index (χ1v) is 11.6. The molecule has 0 fully saturated rings. The number of esters is 1. The molecule has 0 saturated carbocycles. The Morgan fingerprint density at radius 2 is 1.94 bits per heavy atom. The molecule has 0 aliphatic carbocycles. The van der Waals surface area contributed by atoms with Crippen LogP contribution in [0.5, 0.6) is 0 Å². The Hall–Kier alpha value is -3.21. The first kappa shape index (κ1) is 24.4. The summed E-state index contributed by atoms with van der Waals surface area (Å²) < 4.78 is 4.98. The van der Waals surface area contributed by atoms with Crippen molar-refractivity contribution in [2.45, 2.75) is 26.7 Å². The molecule has 1 aliphatic heterocycles.